The molecule has 0 spiro atoms. The topological polar surface area (TPSA) is 90.7 Å². The molecule has 9 heteroatoms. The summed E-state index contributed by atoms with van der Waals surface area (Å²) in [7, 11) is -1.42. The van der Waals surface area contributed by atoms with Crippen molar-refractivity contribution >= 4 is 28.3 Å². The highest BCUT2D eigenvalue weighted by Gasteiger charge is 2.17. The molecule has 0 aliphatic carbocycles. The summed E-state index contributed by atoms with van der Waals surface area (Å²) >= 11 is 5.89. The van der Waals surface area contributed by atoms with Crippen LogP contribution in [0.1, 0.15) is 25.3 Å². The summed E-state index contributed by atoms with van der Waals surface area (Å²) in [5.41, 5.74) is 1.35. The molecule has 1 heterocycles. The van der Waals surface area contributed by atoms with Crippen molar-refractivity contribution in [3.05, 3.63) is 40.7 Å². The maximum atomic E-state index is 12.4. The third-order valence-electron chi connectivity index (χ3n) is 3.74. The Balaban J connectivity index is 1.88. The second-order valence-electron chi connectivity index (χ2n) is 5.90. The maximum Gasteiger partial charge on any atom is 0.232 e. The van der Waals surface area contributed by atoms with Gasteiger partial charge in [-0.25, -0.2) is 4.98 Å². The minimum Gasteiger partial charge on any atom is -0.441 e. The van der Waals surface area contributed by atoms with Gasteiger partial charge in [-0.1, -0.05) is 11.6 Å². The molecule has 1 aromatic carbocycles. The van der Waals surface area contributed by atoms with Crippen LogP contribution < -0.4 is 5.32 Å². The molecule has 28 heavy (non-hydrogen) atoms. The van der Waals surface area contributed by atoms with Crippen molar-refractivity contribution in [3.8, 4) is 11.5 Å². The van der Waals surface area contributed by atoms with Crippen LogP contribution in [-0.2, 0) is 30.8 Å². The first-order valence-electron chi connectivity index (χ1n) is 9.00. The van der Waals surface area contributed by atoms with Gasteiger partial charge in [-0.3, -0.25) is 9.00 Å². The Morgan fingerprint density at radius 2 is 1.89 bits per heavy atom. The van der Waals surface area contributed by atoms with E-state index < -0.39 is 17.1 Å². The molecule has 0 unspecified atom stereocenters. The van der Waals surface area contributed by atoms with Crippen LogP contribution in [-0.4, -0.2) is 46.9 Å². The van der Waals surface area contributed by atoms with Crippen molar-refractivity contribution in [2.75, 3.05) is 25.5 Å². The fourth-order valence-electron chi connectivity index (χ4n) is 2.41. The molecule has 0 bridgehead atoms. The summed E-state index contributed by atoms with van der Waals surface area (Å²) in [6, 6.07) is 7.09. The largest absolute Gasteiger partial charge is 0.441 e. The molecule has 0 saturated heterocycles. The summed E-state index contributed by atoms with van der Waals surface area (Å²) in [6.45, 7) is 6.62. The minimum absolute atomic E-state index is 0.131. The fourth-order valence-corrected chi connectivity index (χ4v) is 3.61. The van der Waals surface area contributed by atoms with Crippen LogP contribution in [0.2, 0.25) is 5.02 Å². The monoisotopic (exact) mass is 428 g/mol. The highest BCUT2D eigenvalue weighted by Crippen LogP contribution is 2.24. The normalized spacial score (nSPS) is 12.3. The van der Waals surface area contributed by atoms with Gasteiger partial charge in [0.25, 0.3) is 0 Å². The number of aromatic nitrogens is 1. The van der Waals surface area contributed by atoms with Crippen LogP contribution in [0, 0.1) is 6.92 Å². The summed E-state index contributed by atoms with van der Waals surface area (Å²) in [4.78, 5) is 16.4. The summed E-state index contributed by atoms with van der Waals surface area (Å²) in [6.07, 6.45) is -0.507. The molecule has 0 radical (unpaired) electrons. The second-order valence-corrected chi connectivity index (χ2v) is 7.80. The number of nitrogens with zero attached hydrogens (tertiary/aromatic N) is 1. The number of hydrogen-bond donors (Lipinski definition) is 1. The third-order valence-corrected chi connectivity index (χ3v) is 5.18. The third kappa shape index (κ3) is 7.01. The molecule has 1 atom stereocenters. The van der Waals surface area contributed by atoms with E-state index >= 15 is 0 Å². The van der Waals surface area contributed by atoms with E-state index in [-0.39, 0.29) is 24.0 Å². The Morgan fingerprint density at radius 3 is 2.50 bits per heavy atom. The molecule has 0 fully saturated rings. The number of oxazole rings is 1. The first kappa shape index (κ1) is 22.5. The molecule has 1 aromatic heterocycles. The van der Waals surface area contributed by atoms with Crippen LogP contribution >= 0.6 is 11.6 Å². The van der Waals surface area contributed by atoms with Crippen LogP contribution in [0.25, 0.3) is 11.5 Å². The lowest BCUT2D eigenvalue weighted by atomic mass is 10.2. The van der Waals surface area contributed by atoms with Crippen molar-refractivity contribution in [3.63, 3.8) is 0 Å². The van der Waals surface area contributed by atoms with E-state index in [1.165, 1.54) is 0 Å². The van der Waals surface area contributed by atoms with Gasteiger partial charge < -0.3 is 19.2 Å². The highest BCUT2D eigenvalue weighted by atomic mass is 35.5. The number of halogens is 1. The van der Waals surface area contributed by atoms with Gasteiger partial charge in [0.15, 0.2) is 6.29 Å². The Kier molecular flexibility index (Phi) is 9.11. The number of carbonyl (C=O) groups is 1. The van der Waals surface area contributed by atoms with E-state index in [4.69, 9.17) is 25.5 Å². The van der Waals surface area contributed by atoms with Crippen molar-refractivity contribution in [1.29, 1.82) is 0 Å². The standard InChI is InChI=1S/C19H25ClN2O5S/c1-4-25-18(26-5-2)10-21-17(23)12-28(24)11-16-13(3)27-19(22-16)14-6-8-15(20)9-7-14/h6-9,18H,4-5,10-12H2,1-3H3,(H,21,23)/t28-/m1/s1. The van der Waals surface area contributed by atoms with E-state index in [0.29, 0.717) is 35.6 Å². The van der Waals surface area contributed by atoms with Crippen LogP contribution in [0.5, 0.6) is 0 Å². The quantitative estimate of drug-likeness (QED) is 0.553. The van der Waals surface area contributed by atoms with Crippen molar-refractivity contribution in [2.24, 2.45) is 0 Å². The predicted molar refractivity (Wildman–Crippen MR) is 108 cm³/mol. The van der Waals surface area contributed by atoms with Crippen molar-refractivity contribution in [1.82, 2.24) is 10.3 Å². The summed E-state index contributed by atoms with van der Waals surface area (Å²) < 4.78 is 28.7. The molecular weight excluding hydrogens is 404 g/mol. The van der Waals surface area contributed by atoms with E-state index in [9.17, 15) is 9.00 Å². The molecule has 2 aromatic rings. The first-order valence-corrected chi connectivity index (χ1v) is 10.9. The molecule has 1 N–H and O–H groups in total. The number of ether oxygens (including phenoxy) is 2. The van der Waals surface area contributed by atoms with E-state index in [1.807, 2.05) is 13.8 Å². The van der Waals surface area contributed by atoms with Gasteiger partial charge in [0.1, 0.15) is 11.5 Å². The Hall–Kier alpha value is -1.74. The van der Waals surface area contributed by atoms with E-state index in [1.54, 1.807) is 31.2 Å². The Bertz CT molecular complexity index is 788. The number of rotatable bonds is 11. The summed E-state index contributed by atoms with van der Waals surface area (Å²) in [5.74, 6) is 0.680. The molecule has 2 rings (SSSR count). The van der Waals surface area contributed by atoms with E-state index in [0.717, 1.165) is 5.56 Å². The van der Waals surface area contributed by atoms with Gasteiger partial charge >= 0.3 is 0 Å². The maximum absolute atomic E-state index is 12.4. The minimum atomic E-state index is -1.42. The Labute approximate surface area is 172 Å². The van der Waals surface area contributed by atoms with E-state index in [2.05, 4.69) is 10.3 Å². The lowest BCUT2D eigenvalue weighted by Gasteiger charge is -2.17. The molecular formula is C19H25ClN2O5S. The van der Waals surface area contributed by atoms with Gasteiger partial charge in [0, 0.05) is 34.6 Å². The van der Waals surface area contributed by atoms with Crippen LogP contribution in [0.4, 0.5) is 0 Å². The molecule has 0 aliphatic rings. The first-order chi connectivity index (χ1) is 13.4. The van der Waals surface area contributed by atoms with Crippen LogP contribution in [0.15, 0.2) is 28.7 Å². The predicted octanol–water partition coefficient (Wildman–Crippen LogP) is 3.07. The molecule has 154 valence electrons. The number of benzene rings is 1. The number of carbonyl (C=O) groups excluding carboxylic acids is 1. The number of aryl methyl sites for hydroxylation is 1. The van der Waals surface area contributed by atoms with Crippen LogP contribution in [0.3, 0.4) is 0 Å². The molecule has 0 aliphatic heterocycles. The molecule has 7 nitrogen and oxygen atoms in total. The zero-order chi connectivity index (χ0) is 20.5. The number of hydrogen-bond acceptors (Lipinski definition) is 6. The van der Waals surface area contributed by atoms with Gasteiger partial charge in [-0.2, -0.15) is 0 Å². The van der Waals surface area contributed by atoms with Gasteiger partial charge in [0.2, 0.25) is 11.8 Å². The van der Waals surface area contributed by atoms with Gasteiger partial charge in [0.05, 0.1) is 18.0 Å². The zero-order valence-electron chi connectivity index (χ0n) is 16.2. The SMILES string of the molecule is CCOC(CNC(=O)C[S@](=O)Cc1nc(-c2ccc(Cl)cc2)oc1C)OCC. The average Bonchev–Trinajstić information content (AvgIpc) is 3.01. The number of nitrogens with one attached hydrogen (secondary N) is 1. The molecule has 1 amide bonds. The van der Waals surface area contributed by atoms with Gasteiger partial charge in [-0.15, -0.1) is 0 Å². The molecule has 0 saturated carbocycles. The Morgan fingerprint density at radius 1 is 1.25 bits per heavy atom. The van der Waals surface area contributed by atoms with Gasteiger partial charge in [-0.05, 0) is 45.0 Å². The second kappa shape index (κ2) is 11.3. The lowest BCUT2D eigenvalue weighted by Crippen LogP contribution is -2.37. The highest BCUT2D eigenvalue weighted by molar-refractivity contribution is 7.84. The number of amides is 1. The smallest absolute Gasteiger partial charge is 0.232 e. The zero-order valence-corrected chi connectivity index (χ0v) is 17.8. The van der Waals surface area contributed by atoms with Crippen molar-refractivity contribution < 1.29 is 22.9 Å². The summed E-state index contributed by atoms with van der Waals surface area (Å²) in [5, 5.41) is 3.30. The lowest BCUT2D eigenvalue weighted by molar-refractivity contribution is -0.139. The van der Waals surface area contributed by atoms with Crippen molar-refractivity contribution in [2.45, 2.75) is 32.8 Å². The average molecular weight is 429 g/mol. The fraction of sp³-hybridized carbons (Fsp3) is 0.474.